The minimum atomic E-state index is -1.32. The van der Waals surface area contributed by atoms with Gasteiger partial charge in [0, 0.05) is 17.5 Å². The van der Waals surface area contributed by atoms with Crippen LogP contribution in [0.2, 0.25) is 0 Å². The second kappa shape index (κ2) is 6.29. The van der Waals surface area contributed by atoms with E-state index in [0.717, 1.165) is 35.4 Å². The number of hydrogen-bond donors (Lipinski definition) is 2. The van der Waals surface area contributed by atoms with Crippen molar-refractivity contribution in [3.8, 4) is 5.75 Å². The summed E-state index contributed by atoms with van der Waals surface area (Å²) in [6.45, 7) is 7.13. The third-order valence-electron chi connectivity index (χ3n) is 11.0. The molecule has 8 rings (SSSR count). The molecule has 1 aromatic carbocycles. The lowest BCUT2D eigenvalue weighted by Gasteiger charge is -2.56. The minimum absolute atomic E-state index is 0.0699. The zero-order valence-corrected chi connectivity index (χ0v) is 21.1. The van der Waals surface area contributed by atoms with Crippen molar-refractivity contribution < 1.29 is 33.6 Å². The van der Waals surface area contributed by atoms with Gasteiger partial charge in [-0.2, -0.15) is 0 Å². The van der Waals surface area contributed by atoms with Crippen LogP contribution in [0, 0.1) is 17.3 Å². The molecule has 8 heteroatoms. The molecular weight excluding hydrogens is 462 g/mol. The second-order valence-electron chi connectivity index (χ2n) is 12.3. The Morgan fingerprint density at radius 3 is 2.75 bits per heavy atom. The van der Waals surface area contributed by atoms with Crippen LogP contribution < -0.4 is 10.1 Å². The molecule has 4 aliphatic heterocycles. The molecule has 9 atom stereocenters. The average Bonchev–Trinajstić information content (AvgIpc) is 3.76. The number of ether oxygens (including phenoxy) is 5. The van der Waals surface area contributed by atoms with Gasteiger partial charge in [-0.1, -0.05) is 32.9 Å². The zero-order valence-electron chi connectivity index (χ0n) is 21.1. The molecule has 8 nitrogen and oxygen atoms in total. The summed E-state index contributed by atoms with van der Waals surface area (Å²) in [5.74, 6) is 0.755. The predicted molar refractivity (Wildman–Crippen MR) is 128 cm³/mol. The van der Waals surface area contributed by atoms with E-state index < -0.39 is 22.4 Å². The van der Waals surface area contributed by atoms with Crippen LogP contribution in [-0.2, 0) is 23.7 Å². The molecule has 192 valence electrons. The first-order chi connectivity index (χ1) is 17.2. The summed E-state index contributed by atoms with van der Waals surface area (Å²) in [4.78, 5) is 12.4. The highest BCUT2D eigenvalue weighted by molar-refractivity contribution is 5.92. The molecular formula is C28H33NO7. The van der Waals surface area contributed by atoms with Crippen LogP contribution in [0.25, 0.3) is 0 Å². The highest BCUT2D eigenvalue weighted by Gasteiger charge is 3.04. The number of rotatable bonds is 5. The van der Waals surface area contributed by atoms with Crippen molar-refractivity contribution in [3.05, 3.63) is 35.4 Å². The molecule has 4 heterocycles. The lowest BCUT2D eigenvalue weighted by atomic mass is 9.44. The normalized spacial score (nSPS) is 50.7. The van der Waals surface area contributed by atoms with Crippen LogP contribution in [0.4, 0.5) is 5.69 Å². The third kappa shape index (κ3) is 2.01. The fourth-order valence-corrected chi connectivity index (χ4v) is 9.36. The summed E-state index contributed by atoms with van der Waals surface area (Å²) in [5.41, 5.74) is -1.10. The fraction of sp³-hybridized carbons (Fsp3) is 0.679. The van der Waals surface area contributed by atoms with E-state index in [4.69, 9.17) is 23.7 Å². The molecule has 0 amide bonds. The molecule has 0 aromatic heterocycles. The van der Waals surface area contributed by atoms with Crippen LogP contribution >= 0.6 is 0 Å². The first kappa shape index (κ1) is 21.9. The van der Waals surface area contributed by atoms with Crippen LogP contribution in [-0.4, -0.2) is 72.1 Å². The van der Waals surface area contributed by atoms with Crippen LogP contribution in [0.15, 0.2) is 35.4 Å². The molecule has 2 spiro atoms. The van der Waals surface area contributed by atoms with Gasteiger partial charge in [-0.15, -0.1) is 0 Å². The van der Waals surface area contributed by atoms with Crippen molar-refractivity contribution in [2.24, 2.45) is 17.3 Å². The van der Waals surface area contributed by atoms with Crippen LogP contribution in [0.3, 0.4) is 0 Å². The SMILES string of the molecule is COc1ccccc1NC[C@@]1(O)[C@]23O[C@H]2C[C@H]2C4=C(CC[C@]2(C)[C@@]32O[C@H]2[C@@H]2O[C@@]21C(C)C)C(=O)OC4. The van der Waals surface area contributed by atoms with E-state index in [-0.39, 0.29) is 48.1 Å². The maximum absolute atomic E-state index is 12.9. The Morgan fingerprint density at radius 1 is 1.17 bits per heavy atom. The number of para-hydroxylation sites is 2. The van der Waals surface area contributed by atoms with Crippen LogP contribution in [0.1, 0.15) is 40.0 Å². The summed E-state index contributed by atoms with van der Waals surface area (Å²) in [6, 6.07) is 7.74. The monoisotopic (exact) mass is 495 g/mol. The van der Waals surface area contributed by atoms with Gasteiger partial charge in [0.1, 0.15) is 41.4 Å². The van der Waals surface area contributed by atoms with Gasteiger partial charge >= 0.3 is 5.97 Å². The Hall–Kier alpha value is -2.13. The van der Waals surface area contributed by atoms with Gasteiger partial charge in [-0.25, -0.2) is 4.79 Å². The molecule has 0 radical (unpaired) electrons. The van der Waals surface area contributed by atoms with Gasteiger partial charge < -0.3 is 34.1 Å². The highest BCUT2D eigenvalue weighted by Crippen LogP contribution is 2.85. The maximum Gasteiger partial charge on any atom is 0.334 e. The van der Waals surface area contributed by atoms with Crippen molar-refractivity contribution in [1.29, 1.82) is 0 Å². The Morgan fingerprint density at radius 2 is 1.97 bits per heavy atom. The number of fused-ring (bicyclic) bond motifs is 4. The van der Waals surface area contributed by atoms with Crippen molar-refractivity contribution in [3.63, 3.8) is 0 Å². The Labute approximate surface area is 210 Å². The minimum Gasteiger partial charge on any atom is -0.495 e. The topological polar surface area (TPSA) is 105 Å². The largest absolute Gasteiger partial charge is 0.495 e. The first-order valence-corrected chi connectivity index (χ1v) is 13.2. The predicted octanol–water partition coefficient (Wildman–Crippen LogP) is 2.59. The summed E-state index contributed by atoms with van der Waals surface area (Å²) >= 11 is 0. The molecule has 2 N–H and O–H groups in total. The third-order valence-corrected chi connectivity index (χ3v) is 11.0. The maximum atomic E-state index is 12.9. The van der Waals surface area contributed by atoms with Crippen molar-refractivity contribution in [2.75, 3.05) is 25.6 Å². The zero-order chi connectivity index (χ0) is 24.9. The smallest absolute Gasteiger partial charge is 0.334 e. The van der Waals surface area contributed by atoms with Crippen molar-refractivity contribution in [2.45, 2.75) is 80.7 Å². The standard InChI is InChI=1S/C28H33NO7/c1-14(2)26-21(35-26)22-28(36-22)24(3)10-9-15-16(12-33-23(15)30)17(24)11-20-27(28,34-20)25(26,31)13-29-18-7-5-6-8-19(18)32-4/h5-8,14,17,20-22,29,31H,9-13H2,1-4H3/t17-,20-,21-,22-,24-,25-,26-,27+,28+/m0/s1. The van der Waals surface area contributed by atoms with E-state index in [1.54, 1.807) is 7.11 Å². The molecule has 7 aliphatic rings. The summed E-state index contributed by atoms with van der Waals surface area (Å²) in [6.07, 6.45) is 1.75. The number of epoxide rings is 3. The number of methoxy groups -OCH3 is 1. The van der Waals surface area contributed by atoms with Gasteiger partial charge in [0.15, 0.2) is 5.60 Å². The number of aliphatic hydroxyl groups is 1. The number of carbonyl (C=O) groups is 1. The number of carbonyl (C=O) groups excluding carboxylic acids is 1. The molecule has 0 unspecified atom stereocenters. The highest BCUT2D eigenvalue weighted by atomic mass is 16.7. The molecule has 3 aliphatic carbocycles. The summed E-state index contributed by atoms with van der Waals surface area (Å²) in [5, 5.41) is 16.4. The number of cyclic esters (lactones) is 1. The van der Waals surface area contributed by atoms with E-state index in [0.29, 0.717) is 13.0 Å². The van der Waals surface area contributed by atoms with Gasteiger partial charge in [0.25, 0.3) is 0 Å². The lowest BCUT2D eigenvalue weighted by molar-refractivity contribution is -0.159. The van der Waals surface area contributed by atoms with Crippen LogP contribution in [0.5, 0.6) is 5.75 Å². The number of hydrogen-bond acceptors (Lipinski definition) is 8. The fourth-order valence-electron chi connectivity index (χ4n) is 9.36. The quantitative estimate of drug-likeness (QED) is 0.475. The van der Waals surface area contributed by atoms with Gasteiger partial charge in [0.2, 0.25) is 0 Å². The Bertz CT molecular complexity index is 1250. The van der Waals surface area contributed by atoms with Crippen molar-refractivity contribution in [1.82, 2.24) is 0 Å². The van der Waals surface area contributed by atoms with E-state index in [1.165, 1.54) is 0 Å². The Kier molecular flexibility index (Phi) is 3.83. The van der Waals surface area contributed by atoms with E-state index in [1.807, 2.05) is 24.3 Å². The molecule has 0 bridgehead atoms. The molecule has 2 saturated carbocycles. The molecule has 3 saturated heterocycles. The molecule has 36 heavy (non-hydrogen) atoms. The summed E-state index contributed by atoms with van der Waals surface area (Å²) < 4.78 is 31.0. The van der Waals surface area contributed by atoms with Gasteiger partial charge in [0.05, 0.1) is 18.9 Å². The first-order valence-electron chi connectivity index (χ1n) is 13.2. The second-order valence-corrected chi connectivity index (χ2v) is 12.3. The molecule has 1 aromatic rings. The van der Waals surface area contributed by atoms with E-state index in [2.05, 4.69) is 26.1 Å². The van der Waals surface area contributed by atoms with Gasteiger partial charge in [-0.3, -0.25) is 0 Å². The number of anilines is 1. The van der Waals surface area contributed by atoms with E-state index in [9.17, 15) is 9.90 Å². The van der Waals surface area contributed by atoms with E-state index >= 15 is 0 Å². The summed E-state index contributed by atoms with van der Waals surface area (Å²) in [7, 11) is 1.65. The van der Waals surface area contributed by atoms with Crippen molar-refractivity contribution >= 4 is 11.7 Å². The Balaban J connectivity index is 1.24. The molecule has 5 fully saturated rings. The number of esters is 1. The lowest BCUT2D eigenvalue weighted by Crippen LogP contribution is -2.77. The average molecular weight is 496 g/mol. The van der Waals surface area contributed by atoms with Gasteiger partial charge in [-0.05, 0) is 48.8 Å². The number of nitrogens with one attached hydrogen (secondary N) is 1. The number of benzene rings is 1.